The Morgan fingerprint density at radius 2 is 2.05 bits per heavy atom. The van der Waals surface area contributed by atoms with Gasteiger partial charge in [-0.05, 0) is 52.5 Å². The minimum absolute atomic E-state index is 0.640. The van der Waals surface area contributed by atoms with E-state index in [9.17, 15) is 0 Å². The summed E-state index contributed by atoms with van der Waals surface area (Å²) in [5.41, 5.74) is 1.13. The molecule has 1 unspecified atom stereocenters. The molecule has 1 aromatic rings. The molecule has 1 atom stereocenters. The molecule has 0 amide bonds. The molecule has 3 rings (SSSR count). The lowest BCUT2D eigenvalue weighted by Crippen LogP contribution is -2.29. The number of aromatic nitrogens is 2. The van der Waals surface area contributed by atoms with Crippen molar-refractivity contribution in [2.24, 2.45) is 5.92 Å². The van der Waals surface area contributed by atoms with Gasteiger partial charge in [-0.15, -0.1) is 0 Å². The fourth-order valence-electron chi connectivity index (χ4n) is 3.81. The zero-order valence-electron chi connectivity index (χ0n) is 13.8. The quantitative estimate of drug-likeness (QED) is 0.903. The van der Waals surface area contributed by atoms with Gasteiger partial charge in [-0.2, -0.15) is 0 Å². The number of nitrogens with one attached hydrogen (secondary N) is 1. The highest BCUT2D eigenvalue weighted by atomic mass is 15.2. The van der Waals surface area contributed by atoms with Gasteiger partial charge in [-0.3, -0.25) is 0 Å². The van der Waals surface area contributed by atoms with Gasteiger partial charge in [-0.25, -0.2) is 4.98 Å². The molecule has 21 heavy (non-hydrogen) atoms. The predicted octanol–water partition coefficient (Wildman–Crippen LogP) is 3.28. The first-order chi connectivity index (χ1) is 10.1. The Morgan fingerprint density at radius 1 is 1.29 bits per heavy atom. The van der Waals surface area contributed by atoms with E-state index < -0.39 is 0 Å². The summed E-state index contributed by atoms with van der Waals surface area (Å²) in [5.74, 6) is 1.87. The van der Waals surface area contributed by atoms with Crippen LogP contribution in [0.2, 0.25) is 0 Å². The normalized spacial score (nSPS) is 24.3. The number of likely N-dealkylation sites (tertiary alicyclic amines) is 1. The summed E-state index contributed by atoms with van der Waals surface area (Å²) in [6, 6.07) is 1.32. The average Bonchev–Trinajstić information content (AvgIpc) is 3.13. The van der Waals surface area contributed by atoms with Gasteiger partial charge in [0.15, 0.2) is 0 Å². The van der Waals surface area contributed by atoms with Gasteiger partial charge >= 0.3 is 0 Å². The third kappa shape index (κ3) is 3.60. The second-order valence-corrected chi connectivity index (χ2v) is 7.23. The van der Waals surface area contributed by atoms with Gasteiger partial charge in [0.05, 0.1) is 5.69 Å². The molecule has 1 aliphatic carbocycles. The second kappa shape index (κ2) is 6.39. The van der Waals surface area contributed by atoms with E-state index in [1.165, 1.54) is 45.2 Å². The lowest BCUT2D eigenvalue weighted by Gasteiger charge is -2.21. The maximum Gasteiger partial charge on any atom is 0.203 e. The van der Waals surface area contributed by atoms with Crippen LogP contribution in [0.5, 0.6) is 0 Å². The van der Waals surface area contributed by atoms with Crippen molar-refractivity contribution in [3.05, 3.63) is 11.9 Å². The molecule has 4 nitrogen and oxygen atoms in total. The van der Waals surface area contributed by atoms with Crippen LogP contribution in [0, 0.1) is 12.8 Å². The topological polar surface area (TPSA) is 33.1 Å². The SMILES string of the molecule is Cc1cn(CC2CCN(C(C)C)C2)c(NC2CCCC2)n1. The molecule has 1 aliphatic heterocycles. The molecule has 1 saturated carbocycles. The average molecular weight is 290 g/mol. The van der Waals surface area contributed by atoms with Gasteiger partial charge in [-0.1, -0.05) is 12.8 Å². The first-order valence-electron chi connectivity index (χ1n) is 8.66. The van der Waals surface area contributed by atoms with Crippen LogP contribution < -0.4 is 5.32 Å². The molecule has 0 bridgehead atoms. The third-order valence-electron chi connectivity index (χ3n) is 5.09. The van der Waals surface area contributed by atoms with Crippen molar-refractivity contribution in [1.29, 1.82) is 0 Å². The number of imidazole rings is 1. The van der Waals surface area contributed by atoms with Crippen molar-refractivity contribution in [1.82, 2.24) is 14.5 Å². The second-order valence-electron chi connectivity index (χ2n) is 7.23. The van der Waals surface area contributed by atoms with E-state index in [0.717, 1.165) is 24.1 Å². The largest absolute Gasteiger partial charge is 0.353 e. The number of nitrogens with zero attached hydrogens (tertiary/aromatic N) is 3. The van der Waals surface area contributed by atoms with E-state index in [0.29, 0.717) is 12.1 Å². The molecule has 2 heterocycles. The fourth-order valence-corrected chi connectivity index (χ4v) is 3.81. The number of hydrogen-bond donors (Lipinski definition) is 1. The maximum atomic E-state index is 4.71. The summed E-state index contributed by atoms with van der Waals surface area (Å²) in [6.07, 6.45) is 8.87. The van der Waals surface area contributed by atoms with Crippen molar-refractivity contribution in [2.45, 2.75) is 71.5 Å². The highest BCUT2D eigenvalue weighted by molar-refractivity contribution is 5.30. The van der Waals surface area contributed by atoms with Gasteiger partial charge in [0.1, 0.15) is 0 Å². The van der Waals surface area contributed by atoms with E-state index in [-0.39, 0.29) is 0 Å². The lowest BCUT2D eigenvalue weighted by atomic mass is 10.1. The summed E-state index contributed by atoms with van der Waals surface area (Å²) in [6.45, 7) is 10.3. The van der Waals surface area contributed by atoms with Crippen LogP contribution in [-0.2, 0) is 6.54 Å². The molecule has 2 fully saturated rings. The van der Waals surface area contributed by atoms with E-state index in [1.807, 2.05) is 0 Å². The molecule has 1 saturated heterocycles. The Hall–Kier alpha value is -1.03. The van der Waals surface area contributed by atoms with Crippen LogP contribution in [0.1, 0.15) is 51.6 Å². The molecule has 4 heteroatoms. The zero-order valence-corrected chi connectivity index (χ0v) is 13.8. The summed E-state index contributed by atoms with van der Waals surface area (Å²) in [5, 5.41) is 3.68. The molecular weight excluding hydrogens is 260 g/mol. The Labute approximate surface area is 128 Å². The minimum Gasteiger partial charge on any atom is -0.353 e. The molecule has 1 N–H and O–H groups in total. The lowest BCUT2D eigenvalue weighted by molar-refractivity contribution is 0.261. The number of hydrogen-bond acceptors (Lipinski definition) is 3. The van der Waals surface area contributed by atoms with Crippen molar-refractivity contribution >= 4 is 5.95 Å². The van der Waals surface area contributed by atoms with Crippen molar-refractivity contribution in [3.8, 4) is 0 Å². The van der Waals surface area contributed by atoms with Crippen molar-refractivity contribution < 1.29 is 0 Å². The molecule has 0 spiro atoms. The Bertz CT molecular complexity index is 459. The summed E-state index contributed by atoms with van der Waals surface area (Å²) in [4.78, 5) is 7.30. The first kappa shape index (κ1) is 14.9. The standard InChI is InChI=1S/C17H30N4/c1-13(2)20-9-8-15(11-20)12-21-10-14(3)18-17(21)19-16-6-4-5-7-16/h10,13,15-16H,4-9,11-12H2,1-3H3,(H,18,19). The highest BCUT2D eigenvalue weighted by Gasteiger charge is 2.25. The van der Waals surface area contributed by atoms with E-state index in [2.05, 4.69) is 41.8 Å². The van der Waals surface area contributed by atoms with E-state index >= 15 is 0 Å². The molecule has 1 aromatic heterocycles. The molecule has 2 aliphatic rings. The van der Waals surface area contributed by atoms with Crippen LogP contribution in [0.3, 0.4) is 0 Å². The van der Waals surface area contributed by atoms with Crippen LogP contribution >= 0.6 is 0 Å². The molecule has 0 aromatic carbocycles. The molecule has 118 valence electrons. The smallest absolute Gasteiger partial charge is 0.203 e. The fraction of sp³-hybridized carbons (Fsp3) is 0.824. The summed E-state index contributed by atoms with van der Waals surface area (Å²) >= 11 is 0. The van der Waals surface area contributed by atoms with E-state index in [1.54, 1.807) is 0 Å². The molecular formula is C17H30N4. The zero-order chi connectivity index (χ0) is 14.8. The Balaban J connectivity index is 1.62. The maximum absolute atomic E-state index is 4.71. The summed E-state index contributed by atoms with van der Waals surface area (Å²) in [7, 11) is 0. The molecule has 0 radical (unpaired) electrons. The third-order valence-corrected chi connectivity index (χ3v) is 5.09. The highest BCUT2D eigenvalue weighted by Crippen LogP contribution is 2.25. The minimum atomic E-state index is 0.640. The van der Waals surface area contributed by atoms with E-state index in [4.69, 9.17) is 4.98 Å². The van der Waals surface area contributed by atoms with Crippen molar-refractivity contribution in [3.63, 3.8) is 0 Å². The van der Waals surface area contributed by atoms with Crippen LogP contribution in [0.4, 0.5) is 5.95 Å². The van der Waals surface area contributed by atoms with Gasteiger partial charge in [0, 0.05) is 31.4 Å². The number of aryl methyl sites for hydroxylation is 1. The summed E-state index contributed by atoms with van der Waals surface area (Å²) < 4.78 is 2.36. The Kier molecular flexibility index (Phi) is 4.53. The van der Waals surface area contributed by atoms with Gasteiger partial charge < -0.3 is 14.8 Å². The monoisotopic (exact) mass is 290 g/mol. The Morgan fingerprint density at radius 3 is 2.71 bits per heavy atom. The number of rotatable bonds is 5. The van der Waals surface area contributed by atoms with Gasteiger partial charge in [0.25, 0.3) is 0 Å². The van der Waals surface area contributed by atoms with Crippen molar-refractivity contribution in [2.75, 3.05) is 18.4 Å². The first-order valence-corrected chi connectivity index (χ1v) is 8.66. The number of anilines is 1. The predicted molar refractivity (Wildman–Crippen MR) is 87.7 cm³/mol. The van der Waals surface area contributed by atoms with Gasteiger partial charge in [0.2, 0.25) is 5.95 Å². The van der Waals surface area contributed by atoms with Crippen LogP contribution in [-0.4, -0.2) is 39.6 Å². The van der Waals surface area contributed by atoms with Crippen LogP contribution in [0.25, 0.3) is 0 Å². The van der Waals surface area contributed by atoms with Crippen LogP contribution in [0.15, 0.2) is 6.20 Å².